The molecule has 0 saturated carbocycles. The molecular formula is C23H30N2O2. The minimum Gasteiger partial charge on any atom is -0.349 e. The van der Waals surface area contributed by atoms with Crippen LogP contribution in [0.5, 0.6) is 0 Å². The third kappa shape index (κ3) is 6.24. The van der Waals surface area contributed by atoms with Gasteiger partial charge in [0.05, 0.1) is 12.1 Å². The number of rotatable bonds is 9. The van der Waals surface area contributed by atoms with Crippen molar-refractivity contribution in [3.8, 4) is 0 Å². The summed E-state index contributed by atoms with van der Waals surface area (Å²) in [5, 5.41) is 6.00. The smallest absolute Gasteiger partial charge is 0.233 e. The van der Waals surface area contributed by atoms with Crippen LogP contribution in [-0.4, -0.2) is 11.8 Å². The molecular weight excluding hydrogens is 336 g/mol. The highest BCUT2D eigenvalue weighted by molar-refractivity contribution is 6.00. The molecule has 2 aromatic rings. The van der Waals surface area contributed by atoms with Crippen LogP contribution >= 0.6 is 0 Å². The van der Waals surface area contributed by atoms with Gasteiger partial charge in [0.15, 0.2) is 0 Å². The largest absolute Gasteiger partial charge is 0.349 e. The van der Waals surface area contributed by atoms with E-state index in [-0.39, 0.29) is 23.9 Å². The average molecular weight is 367 g/mol. The Morgan fingerprint density at radius 1 is 0.778 bits per heavy atom. The molecule has 0 unspecified atom stereocenters. The van der Waals surface area contributed by atoms with Crippen molar-refractivity contribution in [2.45, 2.75) is 52.1 Å². The van der Waals surface area contributed by atoms with E-state index in [1.54, 1.807) is 0 Å². The van der Waals surface area contributed by atoms with E-state index in [4.69, 9.17) is 0 Å². The summed E-state index contributed by atoms with van der Waals surface area (Å²) >= 11 is 0. The van der Waals surface area contributed by atoms with Gasteiger partial charge in [-0.05, 0) is 31.4 Å². The lowest BCUT2D eigenvalue weighted by Crippen LogP contribution is -2.42. The Bertz CT molecular complexity index is 656. The van der Waals surface area contributed by atoms with Gasteiger partial charge >= 0.3 is 0 Å². The van der Waals surface area contributed by atoms with Crippen LogP contribution in [0.15, 0.2) is 60.7 Å². The Kier molecular flexibility index (Phi) is 8.05. The predicted octanol–water partition coefficient (Wildman–Crippen LogP) is 4.55. The molecule has 0 fully saturated rings. The fourth-order valence-electron chi connectivity index (χ4n) is 3.07. The number of amides is 2. The van der Waals surface area contributed by atoms with Gasteiger partial charge in [0.1, 0.15) is 5.92 Å². The standard InChI is InChI=1S/C23H30N2O2/c1-4-5-16-21(22(26)24-17(2)19-12-8-6-9-13-19)23(27)25-18(3)20-14-10-7-11-15-20/h6-15,17-18,21H,4-5,16H2,1-3H3,(H,24,26)(H,25,27)/t17-,18-/m0/s1. The Labute approximate surface area is 162 Å². The molecule has 0 spiro atoms. The number of carbonyl (C=O) groups excluding carboxylic acids is 2. The van der Waals surface area contributed by atoms with Crippen LogP contribution in [0.1, 0.15) is 63.2 Å². The maximum Gasteiger partial charge on any atom is 0.233 e. The molecule has 2 aromatic carbocycles. The van der Waals surface area contributed by atoms with Crippen molar-refractivity contribution < 1.29 is 9.59 Å². The summed E-state index contributed by atoms with van der Waals surface area (Å²) in [4.78, 5) is 25.6. The van der Waals surface area contributed by atoms with E-state index in [1.807, 2.05) is 74.5 Å². The molecule has 0 aliphatic rings. The molecule has 2 N–H and O–H groups in total. The van der Waals surface area contributed by atoms with Gasteiger partial charge in [0.25, 0.3) is 0 Å². The highest BCUT2D eigenvalue weighted by Crippen LogP contribution is 2.17. The third-order valence-corrected chi connectivity index (χ3v) is 4.80. The van der Waals surface area contributed by atoms with Crippen molar-refractivity contribution in [2.24, 2.45) is 5.92 Å². The molecule has 4 heteroatoms. The van der Waals surface area contributed by atoms with E-state index in [1.165, 1.54) is 0 Å². The van der Waals surface area contributed by atoms with Gasteiger partial charge in [-0.15, -0.1) is 0 Å². The second-order valence-corrected chi connectivity index (χ2v) is 6.98. The van der Waals surface area contributed by atoms with Gasteiger partial charge in [-0.1, -0.05) is 80.4 Å². The van der Waals surface area contributed by atoms with Crippen molar-refractivity contribution in [1.82, 2.24) is 10.6 Å². The van der Waals surface area contributed by atoms with E-state index in [9.17, 15) is 9.59 Å². The van der Waals surface area contributed by atoms with E-state index < -0.39 is 5.92 Å². The summed E-state index contributed by atoms with van der Waals surface area (Å²) in [6.07, 6.45) is 2.33. The Hall–Kier alpha value is -2.62. The molecule has 2 atom stereocenters. The van der Waals surface area contributed by atoms with E-state index >= 15 is 0 Å². The number of hydrogen-bond donors (Lipinski definition) is 2. The molecule has 0 radical (unpaired) electrons. The first-order chi connectivity index (χ1) is 13.0. The maximum atomic E-state index is 12.8. The second kappa shape index (κ2) is 10.5. The van der Waals surface area contributed by atoms with Crippen molar-refractivity contribution in [1.29, 1.82) is 0 Å². The maximum absolute atomic E-state index is 12.8. The van der Waals surface area contributed by atoms with Crippen LogP contribution in [0.3, 0.4) is 0 Å². The Balaban J connectivity index is 2.04. The SMILES string of the molecule is CCCCC(C(=O)N[C@@H](C)c1ccccc1)C(=O)N[C@@H](C)c1ccccc1. The molecule has 0 heterocycles. The van der Waals surface area contributed by atoms with Crippen LogP contribution in [0, 0.1) is 5.92 Å². The highest BCUT2D eigenvalue weighted by atomic mass is 16.2. The molecule has 0 bridgehead atoms. The first-order valence-electron chi connectivity index (χ1n) is 9.73. The van der Waals surface area contributed by atoms with Crippen molar-refractivity contribution in [3.63, 3.8) is 0 Å². The predicted molar refractivity (Wildman–Crippen MR) is 109 cm³/mol. The van der Waals surface area contributed by atoms with Gasteiger partial charge in [-0.3, -0.25) is 9.59 Å². The number of unbranched alkanes of at least 4 members (excludes halogenated alkanes) is 1. The molecule has 4 nitrogen and oxygen atoms in total. The summed E-state index contributed by atoms with van der Waals surface area (Å²) in [5.74, 6) is -1.10. The summed E-state index contributed by atoms with van der Waals surface area (Å²) in [7, 11) is 0. The lowest BCUT2D eigenvalue weighted by molar-refractivity contribution is -0.136. The molecule has 0 aliphatic carbocycles. The van der Waals surface area contributed by atoms with Crippen LogP contribution in [0.25, 0.3) is 0 Å². The summed E-state index contributed by atoms with van der Waals surface area (Å²) < 4.78 is 0. The normalized spacial score (nSPS) is 13.0. The van der Waals surface area contributed by atoms with Crippen LogP contribution in [0.4, 0.5) is 0 Å². The summed E-state index contributed by atoms with van der Waals surface area (Å²) in [6.45, 7) is 5.94. The first kappa shape index (κ1) is 20.7. The summed E-state index contributed by atoms with van der Waals surface area (Å²) in [6, 6.07) is 19.3. The van der Waals surface area contributed by atoms with E-state index in [0.717, 1.165) is 24.0 Å². The van der Waals surface area contributed by atoms with Gasteiger partial charge < -0.3 is 10.6 Å². The lowest BCUT2D eigenvalue weighted by atomic mass is 9.98. The molecule has 2 amide bonds. The monoisotopic (exact) mass is 366 g/mol. The number of hydrogen-bond acceptors (Lipinski definition) is 2. The minimum atomic E-state index is -0.678. The minimum absolute atomic E-state index is 0.137. The molecule has 144 valence electrons. The molecule has 2 rings (SSSR count). The molecule has 27 heavy (non-hydrogen) atoms. The highest BCUT2D eigenvalue weighted by Gasteiger charge is 2.28. The van der Waals surface area contributed by atoms with E-state index in [2.05, 4.69) is 17.6 Å². The zero-order valence-electron chi connectivity index (χ0n) is 16.4. The Morgan fingerprint density at radius 2 is 1.19 bits per heavy atom. The van der Waals surface area contributed by atoms with Gasteiger partial charge in [0.2, 0.25) is 11.8 Å². The number of benzene rings is 2. The zero-order chi connectivity index (χ0) is 19.6. The zero-order valence-corrected chi connectivity index (χ0v) is 16.4. The van der Waals surface area contributed by atoms with Crippen molar-refractivity contribution >= 4 is 11.8 Å². The lowest BCUT2D eigenvalue weighted by Gasteiger charge is -2.22. The third-order valence-electron chi connectivity index (χ3n) is 4.80. The van der Waals surface area contributed by atoms with Gasteiger partial charge in [0, 0.05) is 0 Å². The van der Waals surface area contributed by atoms with Crippen LogP contribution < -0.4 is 10.6 Å². The van der Waals surface area contributed by atoms with Crippen LogP contribution in [0.2, 0.25) is 0 Å². The first-order valence-corrected chi connectivity index (χ1v) is 9.73. The quantitative estimate of drug-likeness (QED) is 0.640. The second-order valence-electron chi connectivity index (χ2n) is 6.98. The van der Waals surface area contributed by atoms with Gasteiger partial charge in [-0.2, -0.15) is 0 Å². The van der Waals surface area contributed by atoms with Crippen molar-refractivity contribution in [3.05, 3.63) is 71.8 Å². The molecule has 0 saturated heterocycles. The molecule has 0 aliphatic heterocycles. The molecule has 0 aromatic heterocycles. The number of carbonyl (C=O) groups is 2. The van der Waals surface area contributed by atoms with E-state index in [0.29, 0.717) is 6.42 Å². The Morgan fingerprint density at radius 3 is 1.56 bits per heavy atom. The fraction of sp³-hybridized carbons (Fsp3) is 0.391. The van der Waals surface area contributed by atoms with Crippen molar-refractivity contribution in [2.75, 3.05) is 0 Å². The topological polar surface area (TPSA) is 58.2 Å². The fourth-order valence-corrected chi connectivity index (χ4v) is 3.07. The summed E-state index contributed by atoms with van der Waals surface area (Å²) in [5.41, 5.74) is 2.05. The van der Waals surface area contributed by atoms with Crippen LogP contribution in [-0.2, 0) is 9.59 Å². The van der Waals surface area contributed by atoms with Gasteiger partial charge in [-0.25, -0.2) is 0 Å². The average Bonchev–Trinajstić information content (AvgIpc) is 2.69. The number of nitrogens with one attached hydrogen (secondary N) is 2.